The summed E-state index contributed by atoms with van der Waals surface area (Å²) in [6, 6.07) is 10.3. The number of carbonyl (C=O) groups is 1. The van der Waals surface area contributed by atoms with E-state index in [1.807, 2.05) is 12.1 Å². The highest BCUT2D eigenvalue weighted by Crippen LogP contribution is 2.44. The van der Waals surface area contributed by atoms with Crippen molar-refractivity contribution in [2.45, 2.75) is 0 Å². The average Bonchev–Trinajstić information content (AvgIpc) is 2.75. The predicted molar refractivity (Wildman–Crippen MR) is 123 cm³/mol. The minimum Gasteiger partial charge on any atom is -0.495 e. The van der Waals surface area contributed by atoms with E-state index in [0.717, 1.165) is 5.69 Å². The van der Waals surface area contributed by atoms with Crippen LogP contribution in [0.2, 0.25) is 15.1 Å². The lowest BCUT2D eigenvalue weighted by atomic mass is 10.2. The van der Waals surface area contributed by atoms with Crippen molar-refractivity contribution in [1.82, 2.24) is 9.97 Å². The van der Waals surface area contributed by atoms with E-state index in [9.17, 15) is 4.79 Å². The van der Waals surface area contributed by atoms with E-state index in [0.29, 0.717) is 28.1 Å². The number of halogens is 3. The molecule has 0 spiro atoms. The van der Waals surface area contributed by atoms with Crippen molar-refractivity contribution < 1.29 is 14.3 Å². The number of anilines is 4. The van der Waals surface area contributed by atoms with Gasteiger partial charge >= 0.3 is 0 Å². The Kier molecular flexibility index (Phi) is 7.62. The lowest BCUT2D eigenvalue weighted by Crippen LogP contribution is -2.22. The van der Waals surface area contributed by atoms with Crippen LogP contribution < -0.4 is 25.4 Å². The summed E-state index contributed by atoms with van der Waals surface area (Å²) in [6.07, 6.45) is 1.34. The quantitative estimate of drug-likeness (QED) is 0.403. The molecule has 1 heterocycles. The molecule has 0 saturated carbocycles. The molecule has 2 aromatic carbocycles. The van der Waals surface area contributed by atoms with Crippen molar-refractivity contribution in [3.63, 3.8) is 0 Å². The lowest BCUT2D eigenvalue weighted by molar-refractivity contribution is -0.114. The van der Waals surface area contributed by atoms with E-state index < -0.39 is 0 Å². The van der Waals surface area contributed by atoms with Gasteiger partial charge in [-0.25, -0.2) is 9.97 Å². The third-order valence-electron chi connectivity index (χ3n) is 4.04. The van der Waals surface area contributed by atoms with Crippen molar-refractivity contribution >= 4 is 63.7 Å². The molecular weight excluding hydrogens is 465 g/mol. The van der Waals surface area contributed by atoms with Gasteiger partial charge in [-0.05, 0) is 24.3 Å². The molecule has 0 aliphatic rings. The molecule has 3 N–H and O–H groups in total. The highest BCUT2D eigenvalue weighted by molar-refractivity contribution is 6.39. The fourth-order valence-corrected chi connectivity index (χ4v) is 3.35. The monoisotopic (exact) mass is 481 g/mol. The Balaban J connectivity index is 1.64. The van der Waals surface area contributed by atoms with Gasteiger partial charge in [0.2, 0.25) is 5.91 Å². The zero-order valence-electron chi connectivity index (χ0n) is 16.5. The van der Waals surface area contributed by atoms with Gasteiger partial charge in [0.1, 0.15) is 33.8 Å². The van der Waals surface area contributed by atoms with Gasteiger partial charge in [0, 0.05) is 22.8 Å². The number of hydrogen-bond donors (Lipinski definition) is 3. The van der Waals surface area contributed by atoms with Crippen LogP contribution in [0.15, 0.2) is 42.7 Å². The Morgan fingerprint density at radius 3 is 2.35 bits per heavy atom. The van der Waals surface area contributed by atoms with Crippen molar-refractivity contribution in [2.24, 2.45) is 0 Å². The number of carbonyl (C=O) groups excluding carboxylic acids is 1. The Bertz CT molecular complexity index is 1080. The first-order chi connectivity index (χ1) is 14.9. The SMILES string of the molecule is COc1cc(NCC(=O)Nc2cc(Nc3ccc(Cl)cc3)ncn2)c(Cl)c(OC)c1Cl. The summed E-state index contributed by atoms with van der Waals surface area (Å²) >= 11 is 18.4. The highest BCUT2D eigenvalue weighted by Gasteiger charge is 2.17. The molecular formula is C20H18Cl3N5O3. The van der Waals surface area contributed by atoms with Crippen LogP contribution in [0.3, 0.4) is 0 Å². The maximum atomic E-state index is 12.4. The van der Waals surface area contributed by atoms with E-state index in [1.165, 1.54) is 20.5 Å². The van der Waals surface area contributed by atoms with E-state index in [4.69, 9.17) is 44.3 Å². The molecule has 0 radical (unpaired) electrons. The molecule has 11 heteroatoms. The minimum absolute atomic E-state index is 0.0857. The maximum absolute atomic E-state index is 12.4. The van der Waals surface area contributed by atoms with Gasteiger partial charge in [-0.2, -0.15) is 0 Å². The van der Waals surface area contributed by atoms with E-state index in [2.05, 4.69) is 25.9 Å². The van der Waals surface area contributed by atoms with Gasteiger partial charge in [0.05, 0.1) is 26.5 Å². The van der Waals surface area contributed by atoms with Crippen LogP contribution >= 0.6 is 34.8 Å². The summed E-state index contributed by atoms with van der Waals surface area (Å²) in [7, 11) is 2.91. The fourth-order valence-electron chi connectivity index (χ4n) is 2.58. The summed E-state index contributed by atoms with van der Waals surface area (Å²) in [5.74, 6) is 1.10. The van der Waals surface area contributed by atoms with Crippen molar-refractivity contribution in [3.8, 4) is 11.5 Å². The maximum Gasteiger partial charge on any atom is 0.244 e. The number of ether oxygens (including phenoxy) is 2. The molecule has 3 aromatic rings. The number of benzene rings is 2. The first-order valence-electron chi connectivity index (χ1n) is 8.89. The third kappa shape index (κ3) is 5.81. The molecule has 0 bridgehead atoms. The molecule has 31 heavy (non-hydrogen) atoms. The average molecular weight is 483 g/mol. The van der Waals surface area contributed by atoms with Crippen LogP contribution in [0.5, 0.6) is 11.5 Å². The van der Waals surface area contributed by atoms with Gasteiger partial charge in [-0.3, -0.25) is 4.79 Å². The lowest BCUT2D eigenvalue weighted by Gasteiger charge is -2.15. The molecule has 1 aromatic heterocycles. The first kappa shape index (κ1) is 22.7. The number of hydrogen-bond acceptors (Lipinski definition) is 7. The van der Waals surface area contributed by atoms with Crippen molar-refractivity contribution in [3.05, 3.63) is 57.8 Å². The molecule has 0 saturated heterocycles. The van der Waals surface area contributed by atoms with Crippen molar-refractivity contribution in [1.29, 1.82) is 0 Å². The molecule has 1 amide bonds. The molecule has 8 nitrogen and oxygen atoms in total. The number of methoxy groups -OCH3 is 2. The minimum atomic E-state index is -0.347. The summed E-state index contributed by atoms with van der Waals surface area (Å²) < 4.78 is 10.4. The topological polar surface area (TPSA) is 97.4 Å². The third-order valence-corrected chi connectivity index (χ3v) is 5.03. The van der Waals surface area contributed by atoms with Crippen molar-refractivity contribution in [2.75, 3.05) is 36.7 Å². The van der Waals surface area contributed by atoms with Gasteiger partial charge in [0.15, 0.2) is 5.75 Å². The van der Waals surface area contributed by atoms with Crippen LogP contribution in [-0.4, -0.2) is 36.6 Å². The molecule has 3 rings (SSSR count). The van der Waals surface area contributed by atoms with Crippen LogP contribution in [-0.2, 0) is 4.79 Å². The number of nitrogens with one attached hydrogen (secondary N) is 3. The molecule has 0 aliphatic heterocycles. The Labute approximate surface area is 193 Å². The fraction of sp³-hybridized carbons (Fsp3) is 0.150. The number of nitrogens with zero attached hydrogens (tertiary/aromatic N) is 2. The van der Waals surface area contributed by atoms with Gasteiger partial charge in [0.25, 0.3) is 0 Å². The second kappa shape index (κ2) is 10.4. The molecule has 0 aliphatic carbocycles. The Morgan fingerprint density at radius 1 is 0.968 bits per heavy atom. The molecule has 0 fully saturated rings. The van der Waals surface area contributed by atoms with E-state index in [1.54, 1.807) is 24.3 Å². The zero-order valence-corrected chi connectivity index (χ0v) is 18.8. The summed E-state index contributed by atoms with van der Waals surface area (Å²) in [6.45, 7) is -0.0857. The zero-order chi connectivity index (χ0) is 22.4. The standard InChI is InChI=1S/C20H18Cl3N5O3/c1-30-14-7-13(18(22)20(31-2)19(14)23)24-9-17(29)28-16-8-15(25-10-26-16)27-12-5-3-11(21)4-6-12/h3-8,10,24H,9H2,1-2H3,(H2,25,26,27,28,29). The second-order valence-electron chi connectivity index (χ2n) is 6.11. The second-order valence-corrected chi connectivity index (χ2v) is 7.30. The number of rotatable bonds is 8. The van der Waals surface area contributed by atoms with Gasteiger partial charge in [-0.15, -0.1) is 0 Å². The number of aromatic nitrogens is 2. The predicted octanol–water partition coefficient (Wildman–Crippen LogP) is 5.25. The van der Waals surface area contributed by atoms with Gasteiger partial charge < -0.3 is 25.4 Å². The Morgan fingerprint density at radius 2 is 1.68 bits per heavy atom. The smallest absolute Gasteiger partial charge is 0.244 e. The number of amides is 1. The largest absolute Gasteiger partial charge is 0.495 e. The molecule has 0 unspecified atom stereocenters. The van der Waals surface area contributed by atoms with E-state index in [-0.39, 0.29) is 28.2 Å². The Hall–Kier alpha value is -2.94. The van der Waals surface area contributed by atoms with E-state index >= 15 is 0 Å². The highest BCUT2D eigenvalue weighted by atomic mass is 35.5. The van der Waals surface area contributed by atoms with Crippen LogP contribution in [0, 0.1) is 0 Å². The summed E-state index contributed by atoms with van der Waals surface area (Å²) in [5, 5.41) is 9.84. The summed E-state index contributed by atoms with van der Waals surface area (Å²) in [5.41, 5.74) is 1.23. The molecule has 162 valence electrons. The van der Waals surface area contributed by atoms with Crippen LogP contribution in [0.25, 0.3) is 0 Å². The first-order valence-corrected chi connectivity index (χ1v) is 10.0. The van der Waals surface area contributed by atoms with Crippen LogP contribution in [0.1, 0.15) is 0 Å². The normalized spacial score (nSPS) is 10.4. The van der Waals surface area contributed by atoms with Gasteiger partial charge in [-0.1, -0.05) is 34.8 Å². The van der Waals surface area contributed by atoms with Crippen LogP contribution in [0.4, 0.5) is 23.0 Å². The molecule has 0 atom stereocenters. The summed E-state index contributed by atoms with van der Waals surface area (Å²) in [4.78, 5) is 20.6.